The molecule has 0 atom stereocenters. The highest BCUT2D eigenvalue weighted by molar-refractivity contribution is 5.95. The third-order valence-corrected chi connectivity index (χ3v) is 4.02. The minimum absolute atomic E-state index is 0.0230. The SMILES string of the molecule is NC(=O)c1nc(Cc2cccc(C(=O)NCc3ccc(F)cc3)c2)cnc1N. The van der Waals surface area contributed by atoms with Crippen LogP contribution in [0.25, 0.3) is 0 Å². The average molecular weight is 379 g/mol. The van der Waals surface area contributed by atoms with Gasteiger partial charge in [-0.25, -0.2) is 14.4 Å². The number of rotatable bonds is 6. The van der Waals surface area contributed by atoms with Gasteiger partial charge in [0.1, 0.15) is 5.82 Å². The van der Waals surface area contributed by atoms with Crippen molar-refractivity contribution < 1.29 is 14.0 Å². The predicted octanol–water partition coefficient (Wildman–Crippen LogP) is 1.82. The van der Waals surface area contributed by atoms with E-state index in [1.54, 1.807) is 30.3 Å². The van der Waals surface area contributed by atoms with Crippen molar-refractivity contribution in [1.29, 1.82) is 0 Å². The van der Waals surface area contributed by atoms with Crippen LogP contribution in [0.2, 0.25) is 0 Å². The van der Waals surface area contributed by atoms with Crippen LogP contribution in [0.5, 0.6) is 0 Å². The van der Waals surface area contributed by atoms with Crippen molar-refractivity contribution in [3.8, 4) is 0 Å². The van der Waals surface area contributed by atoms with Gasteiger partial charge in [-0.05, 0) is 35.4 Å². The number of benzene rings is 2. The van der Waals surface area contributed by atoms with E-state index in [0.29, 0.717) is 17.7 Å². The molecule has 0 fully saturated rings. The van der Waals surface area contributed by atoms with E-state index in [-0.39, 0.29) is 29.8 Å². The summed E-state index contributed by atoms with van der Waals surface area (Å²) >= 11 is 0. The normalized spacial score (nSPS) is 10.5. The molecule has 0 aliphatic rings. The first-order chi connectivity index (χ1) is 13.4. The number of nitrogens with one attached hydrogen (secondary N) is 1. The largest absolute Gasteiger partial charge is 0.382 e. The van der Waals surface area contributed by atoms with Crippen LogP contribution in [0, 0.1) is 5.82 Å². The molecule has 142 valence electrons. The fourth-order valence-electron chi connectivity index (χ4n) is 2.62. The molecule has 0 aliphatic heterocycles. The molecule has 0 saturated carbocycles. The zero-order valence-electron chi connectivity index (χ0n) is 14.9. The molecule has 0 aliphatic carbocycles. The summed E-state index contributed by atoms with van der Waals surface area (Å²) in [5.74, 6) is -1.36. The highest BCUT2D eigenvalue weighted by atomic mass is 19.1. The van der Waals surface area contributed by atoms with Gasteiger partial charge in [-0.15, -0.1) is 0 Å². The first-order valence-corrected chi connectivity index (χ1v) is 8.45. The Labute approximate surface area is 160 Å². The van der Waals surface area contributed by atoms with Crippen LogP contribution in [0.3, 0.4) is 0 Å². The summed E-state index contributed by atoms with van der Waals surface area (Å²) in [7, 11) is 0. The van der Waals surface area contributed by atoms with Gasteiger partial charge in [-0.1, -0.05) is 24.3 Å². The maximum atomic E-state index is 12.9. The van der Waals surface area contributed by atoms with Crippen LogP contribution in [0.1, 0.15) is 37.7 Å². The van der Waals surface area contributed by atoms with Gasteiger partial charge in [0.2, 0.25) is 0 Å². The Hall–Kier alpha value is -3.81. The van der Waals surface area contributed by atoms with E-state index in [4.69, 9.17) is 11.5 Å². The topological polar surface area (TPSA) is 124 Å². The number of hydrogen-bond donors (Lipinski definition) is 3. The van der Waals surface area contributed by atoms with Gasteiger partial charge < -0.3 is 16.8 Å². The number of primary amides is 1. The minimum Gasteiger partial charge on any atom is -0.382 e. The van der Waals surface area contributed by atoms with Gasteiger partial charge in [0.05, 0.1) is 11.9 Å². The van der Waals surface area contributed by atoms with E-state index in [0.717, 1.165) is 11.1 Å². The number of carbonyl (C=O) groups excluding carboxylic acids is 2. The Morgan fingerprint density at radius 3 is 2.54 bits per heavy atom. The molecular weight excluding hydrogens is 361 g/mol. The number of anilines is 1. The van der Waals surface area contributed by atoms with Gasteiger partial charge in [0, 0.05) is 18.5 Å². The zero-order chi connectivity index (χ0) is 20.1. The minimum atomic E-state index is -0.749. The van der Waals surface area contributed by atoms with Crippen molar-refractivity contribution >= 4 is 17.6 Å². The lowest BCUT2D eigenvalue weighted by atomic mass is 10.1. The average Bonchev–Trinajstić information content (AvgIpc) is 2.69. The Kier molecular flexibility index (Phi) is 5.59. The molecule has 3 rings (SSSR count). The standard InChI is InChI=1S/C20H18FN5O2/c21-15-6-4-12(5-7-15)10-25-20(28)14-3-1-2-13(8-14)9-16-11-24-18(22)17(26-16)19(23)27/h1-8,11H,9-10H2,(H2,22,24)(H2,23,27)(H,25,28). The molecule has 7 nitrogen and oxygen atoms in total. The van der Waals surface area contributed by atoms with E-state index in [1.165, 1.54) is 18.3 Å². The maximum absolute atomic E-state index is 12.9. The van der Waals surface area contributed by atoms with Crippen LogP contribution in [-0.4, -0.2) is 21.8 Å². The highest BCUT2D eigenvalue weighted by Gasteiger charge is 2.12. The Morgan fingerprint density at radius 1 is 1.07 bits per heavy atom. The van der Waals surface area contributed by atoms with Gasteiger partial charge in [0.15, 0.2) is 11.5 Å². The van der Waals surface area contributed by atoms with Crippen molar-refractivity contribution in [1.82, 2.24) is 15.3 Å². The lowest BCUT2D eigenvalue weighted by Crippen LogP contribution is -2.22. The summed E-state index contributed by atoms with van der Waals surface area (Å²) in [5.41, 5.74) is 13.3. The van der Waals surface area contributed by atoms with Gasteiger partial charge >= 0.3 is 0 Å². The van der Waals surface area contributed by atoms with Crippen LogP contribution in [0.15, 0.2) is 54.7 Å². The number of halogens is 1. The van der Waals surface area contributed by atoms with Gasteiger partial charge in [-0.2, -0.15) is 0 Å². The number of amides is 2. The zero-order valence-corrected chi connectivity index (χ0v) is 14.9. The smallest absolute Gasteiger partial charge is 0.271 e. The summed E-state index contributed by atoms with van der Waals surface area (Å²) in [4.78, 5) is 31.8. The number of carbonyl (C=O) groups is 2. The number of nitrogens with two attached hydrogens (primary N) is 2. The number of nitrogens with zero attached hydrogens (tertiary/aromatic N) is 2. The third-order valence-electron chi connectivity index (χ3n) is 4.02. The second kappa shape index (κ2) is 8.26. The molecular formula is C20H18FN5O2. The summed E-state index contributed by atoms with van der Waals surface area (Å²) < 4.78 is 12.9. The molecule has 2 amide bonds. The second-order valence-electron chi connectivity index (χ2n) is 6.15. The number of aromatic nitrogens is 2. The number of hydrogen-bond acceptors (Lipinski definition) is 5. The summed E-state index contributed by atoms with van der Waals surface area (Å²) in [6, 6.07) is 12.9. The summed E-state index contributed by atoms with van der Waals surface area (Å²) in [6.45, 7) is 0.286. The quantitative estimate of drug-likeness (QED) is 0.603. The number of nitrogen functional groups attached to an aromatic ring is 1. The molecule has 2 aromatic carbocycles. The van der Waals surface area contributed by atoms with Crippen LogP contribution >= 0.6 is 0 Å². The molecule has 8 heteroatoms. The van der Waals surface area contributed by atoms with E-state index in [1.807, 2.05) is 6.07 Å². The third kappa shape index (κ3) is 4.67. The van der Waals surface area contributed by atoms with Crippen molar-refractivity contribution in [3.63, 3.8) is 0 Å². The Morgan fingerprint density at radius 2 is 1.82 bits per heavy atom. The lowest BCUT2D eigenvalue weighted by Gasteiger charge is -2.08. The molecule has 0 spiro atoms. The molecule has 1 heterocycles. The van der Waals surface area contributed by atoms with E-state index < -0.39 is 5.91 Å². The molecule has 0 unspecified atom stereocenters. The molecule has 0 radical (unpaired) electrons. The first-order valence-electron chi connectivity index (χ1n) is 8.45. The van der Waals surface area contributed by atoms with Crippen molar-refractivity contribution in [3.05, 3.63) is 88.6 Å². The van der Waals surface area contributed by atoms with Crippen LogP contribution in [0.4, 0.5) is 10.2 Å². The monoisotopic (exact) mass is 379 g/mol. The van der Waals surface area contributed by atoms with Crippen molar-refractivity contribution in [2.75, 3.05) is 5.73 Å². The fourth-order valence-corrected chi connectivity index (χ4v) is 2.62. The second-order valence-corrected chi connectivity index (χ2v) is 6.15. The van der Waals surface area contributed by atoms with Crippen molar-refractivity contribution in [2.24, 2.45) is 5.73 Å². The molecule has 0 saturated heterocycles. The predicted molar refractivity (Wildman–Crippen MR) is 102 cm³/mol. The van der Waals surface area contributed by atoms with Crippen LogP contribution < -0.4 is 16.8 Å². The van der Waals surface area contributed by atoms with E-state index in [9.17, 15) is 14.0 Å². The van der Waals surface area contributed by atoms with Gasteiger partial charge in [0.25, 0.3) is 11.8 Å². The summed E-state index contributed by atoms with van der Waals surface area (Å²) in [5, 5.41) is 2.79. The molecule has 5 N–H and O–H groups in total. The molecule has 3 aromatic rings. The highest BCUT2D eigenvalue weighted by Crippen LogP contribution is 2.13. The van der Waals surface area contributed by atoms with E-state index in [2.05, 4.69) is 15.3 Å². The van der Waals surface area contributed by atoms with Crippen LogP contribution in [-0.2, 0) is 13.0 Å². The first kappa shape index (κ1) is 19.0. The molecule has 28 heavy (non-hydrogen) atoms. The van der Waals surface area contributed by atoms with Crippen molar-refractivity contribution in [2.45, 2.75) is 13.0 Å². The van der Waals surface area contributed by atoms with Gasteiger partial charge in [-0.3, -0.25) is 9.59 Å². The van der Waals surface area contributed by atoms with E-state index >= 15 is 0 Å². The summed E-state index contributed by atoms with van der Waals surface area (Å²) in [6.07, 6.45) is 1.82. The fraction of sp³-hybridized carbons (Fsp3) is 0.100. The lowest BCUT2D eigenvalue weighted by molar-refractivity contribution is 0.0949. The Balaban J connectivity index is 1.69. The Bertz CT molecular complexity index is 1020. The molecule has 0 bridgehead atoms. The maximum Gasteiger partial charge on any atom is 0.271 e. The molecule has 1 aromatic heterocycles.